The maximum absolute atomic E-state index is 11.6. The highest BCUT2D eigenvalue weighted by Crippen LogP contribution is 2.21. The Kier molecular flexibility index (Phi) is 3.24. The zero-order valence-corrected chi connectivity index (χ0v) is 9.84. The molecule has 0 aliphatic carbocycles. The summed E-state index contributed by atoms with van der Waals surface area (Å²) in [5, 5.41) is 10.0. The summed E-state index contributed by atoms with van der Waals surface area (Å²) in [4.78, 5) is 13.8. The minimum Gasteiger partial charge on any atom is -0.383 e. The maximum Gasteiger partial charge on any atom is 0.269 e. The van der Waals surface area contributed by atoms with Crippen LogP contribution < -0.4 is 10.9 Å². The predicted octanol–water partition coefficient (Wildman–Crippen LogP) is 0.580. The number of H-pyrrole nitrogens is 1. The fourth-order valence-corrected chi connectivity index (χ4v) is 1.94. The maximum atomic E-state index is 11.6. The second-order valence-electron chi connectivity index (χ2n) is 4.21. The van der Waals surface area contributed by atoms with Crippen molar-refractivity contribution in [1.29, 1.82) is 0 Å². The number of aromatic amines is 1. The molecule has 0 spiro atoms. The normalized spacial score (nSPS) is 14.7. The number of fused-ring (bicyclic) bond motifs is 1. The van der Waals surface area contributed by atoms with Gasteiger partial charge in [0, 0.05) is 18.7 Å². The van der Waals surface area contributed by atoms with E-state index in [0.29, 0.717) is 0 Å². The van der Waals surface area contributed by atoms with Crippen LogP contribution in [0.4, 0.5) is 5.69 Å². The van der Waals surface area contributed by atoms with Gasteiger partial charge in [0.25, 0.3) is 5.56 Å². The van der Waals surface area contributed by atoms with Crippen LogP contribution in [-0.4, -0.2) is 35.2 Å². The fourth-order valence-electron chi connectivity index (χ4n) is 1.94. The minimum atomic E-state index is -0.0508. The van der Waals surface area contributed by atoms with Crippen LogP contribution in [0.2, 0.25) is 0 Å². The molecule has 1 aliphatic rings. The molecule has 0 aromatic carbocycles. The predicted molar refractivity (Wildman–Crippen MR) is 63.7 cm³/mol. The van der Waals surface area contributed by atoms with Crippen LogP contribution >= 0.6 is 0 Å². The molecular formula is C11H18N4O. The smallest absolute Gasteiger partial charge is 0.269 e. The Balaban J connectivity index is 2.35. The fraction of sp³-hybridized carbons (Fsp3) is 0.636. The number of rotatable bonds is 3. The van der Waals surface area contributed by atoms with Crippen LogP contribution in [-0.2, 0) is 13.0 Å². The van der Waals surface area contributed by atoms with Crippen LogP contribution in [0.5, 0.6) is 0 Å². The van der Waals surface area contributed by atoms with Gasteiger partial charge in [0.1, 0.15) is 0 Å². The van der Waals surface area contributed by atoms with Crippen LogP contribution in [0.3, 0.4) is 0 Å². The lowest BCUT2D eigenvalue weighted by atomic mass is 10.0. The largest absolute Gasteiger partial charge is 0.383 e. The highest BCUT2D eigenvalue weighted by Gasteiger charge is 2.17. The lowest BCUT2D eigenvalue weighted by molar-refractivity contribution is 0.340. The molecular weight excluding hydrogens is 204 g/mol. The Labute approximate surface area is 94.9 Å². The molecule has 16 heavy (non-hydrogen) atoms. The van der Waals surface area contributed by atoms with Gasteiger partial charge in [-0.1, -0.05) is 6.92 Å². The number of nitrogens with one attached hydrogen (secondary N) is 2. The summed E-state index contributed by atoms with van der Waals surface area (Å²) in [6.45, 7) is 4.77. The average Bonchev–Trinajstić information content (AvgIpc) is 2.33. The molecule has 1 aromatic rings. The molecule has 5 nitrogen and oxygen atoms in total. The Morgan fingerprint density at radius 1 is 1.50 bits per heavy atom. The SMILES string of the molecule is CCN(C)Cc1n[nH]c(=O)c2c1NCCC2. The van der Waals surface area contributed by atoms with Crippen molar-refractivity contribution in [1.82, 2.24) is 15.1 Å². The van der Waals surface area contributed by atoms with Crippen molar-refractivity contribution in [2.75, 3.05) is 25.5 Å². The number of anilines is 1. The zero-order chi connectivity index (χ0) is 11.5. The summed E-state index contributed by atoms with van der Waals surface area (Å²) >= 11 is 0. The van der Waals surface area contributed by atoms with E-state index in [1.165, 1.54) is 0 Å². The van der Waals surface area contributed by atoms with Crippen LogP contribution in [0.25, 0.3) is 0 Å². The van der Waals surface area contributed by atoms with E-state index < -0.39 is 0 Å². The molecule has 0 radical (unpaired) electrons. The molecule has 0 saturated heterocycles. The Hall–Kier alpha value is -1.36. The number of aromatic nitrogens is 2. The minimum absolute atomic E-state index is 0.0508. The molecule has 1 aliphatic heterocycles. The van der Waals surface area contributed by atoms with E-state index in [0.717, 1.165) is 49.4 Å². The van der Waals surface area contributed by atoms with Crippen molar-refractivity contribution in [3.8, 4) is 0 Å². The molecule has 0 saturated carbocycles. The van der Waals surface area contributed by atoms with Crippen LogP contribution in [0.1, 0.15) is 24.6 Å². The molecule has 0 fully saturated rings. The van der Waals surface area contributed by atoms with Gasteiger partial charge in [0.05, 0.1) is 11.4 Å². The topological polar surface area (TPSA) is 61.0 Å². The summed E-state index contributed by atoms with van der Waals surface area (Å²) < 4.78 is 0. The third-order valence-electron chi connectivity index (χ3n) is 3.02. The van der Waals surface area contributed by atoms with Gasteiger partial charge in [-0.25, -0.2) is 5.10 Å². The van der Waals surface area contributed by atoms with E-state index in [1.807, 2.05) is 7.05 Å². The van der Waals surface area contributed by atoms with Crippen LogP contribution in [0.15, 0.2) is 4.79 Å². The van der Waals surface area contributed by atoms with E-state index in [-0.39, 0.29) is 5.56 Å². The first-order valence-corrected chi connectivity index (χ1v) is 5.75. The quantitative estimate of drug-likeness (QED) is 0.785. The summed E-state index contributed by atoms with van der Waals surface area (Å²) in [6.07, 6.45) is 1.87. The Morgan fingerprint density at radius 2 is 2.31 bits per heavy atom. The number of hydrogen-bond donors (Lipinski definition) is 2. The Morgan fingerprint density at radius 3 is 3.06 bits per heavy atom. The van der Waals surface area contributed by atoms with Crippen LogP contribution in [0, 0.1) is 0 Å². The Bertz CT molecular complexity index is 426. The lowest BCUT2D eigenvalue weighted by Crippen LogP contribution is -2.27. The number of hydrogen-bond acceptors (Lipinski definition) is 4. The number of nitrogens with zero attached hydrogens (tertiary/aromatic N) is 2. The van der Waals surface area contributed by atoms with Crippen molar-refractivity contribution in [3.05, 3.63) is 21.6 Å². The molecule has 0 bridgehead atoms. The third kappa shape index (κ3) is 2.09. The van der Waals surface area contributed by atoms with Gasteiger partial charge in [0.15, 0.2) is 0 Å². The lowest BCUT2D eigenvalue weighted by Gasteiger charge is -2.21. The summed E-state index contributed by atoms with van der Waals surface area (Å²) in [5.74, 6) is 0. The average molecular weight is 222 g/mol. The zero-order valence-electron chi connectivity index (χ0n) is 9.84. The first-order valence-electron chi connectivity index (χ1n) is 5.75. The van der Waals surface area contributed by atoms with Gasteiger partial charge in [-0.3, -0.25) is 4.79 Å². The molecule has 2 rings (SSSR count). The summed E-state index contributed by atoms with van der Waals surface area (Å²) in [7, 11) is 2.04. The highest BCUT2D eigenvalue weighted by atomic mass is 16.1. The first kappa shape index (κ1) is 11.1. The molecule has 0 amide bonds. The van der Waals surface area contributed by atoms with E-state index in [2.05, 4.69) is 27.3 Å². The van der Waals surface area contributed by atoms with Gasteiger partial charge in [0.2, 0.25) is 0 Å². The van der Waals surface area contributed by atoms with E-state index in [4.69, 9.17) is 0 Å². The van der Waals surface area contributed by atoms with Crippen molar-refractivity contribution in [2.24, 2.45) is 0 Å². The van der Waals surface area contributed by atoms with Crippen molar-refractivity contribution in [2.45, 2.75) is 26.3 Å². The second kappa shape index (κ2) is 4.65. The van der Waals surface area contributed by atoms with Crippen molar-refractivity contribution in [3.63, 3.8) is 0 Å². The molecule has 0 unspecified atom stereocenters. The monoisotopic (exact) mass is 222 g/mol. The van der Waals surface area contributed by atoms with Crippen molar-refractivity contribution >= 4 is 5.69 Å². The van der Waals surface area contributed by atoms with Gasteiger partial charge >= 0.3 is 0 Å². The molecule has 5 heteroatoms. The van der Waals surface area contributed by atoms with E-state index in [1.54, 1.807) is 0 Å². The van der Waals surface area contributed by atoms with Gasteiger partial charge in [-0.15, -0.1) is 0 Å². The second-order valence-corrected chi connectivity index (χ2v) is 4.21. The van der Waals surface area contributed by atoms with E-state index >= 15 is 0 Å². The van der Waals surface area contributed by atoms with Gasteiger partial charge in [-0.2, -0.15) is 5.10 Å². The van der Waals surface area contributed by atoms with E-state index in [9.17, 15) is 4.79 Å². The summed E-state index contributed by atoms with van der Waals surface area (Å²) in [5.41, 5.74) is 2.71. The molecule has 1 aromatic heterocycles. The molecule has 2 N–H and O–H groups in total. The molecule has 88 valence electrons. The molecule has 0 atom stereocenters. The highest BCUT2D eigenvalue weighted by molar-refractivity contribution is 5.55. The van der Waals surface area contributed by atoms with Gasteiger partial charge in [-0.05, 0) is 26.4 Å². The van der Waals surface area contributed by atoms with Gasteiger partial charge < -0.3 is 10.2 Å². The first-order chi connectivity index (χ1) is 7.72. The summed E-state index contributed by atoms with van der Waals surface area (Å²) in [6, 6.07) is 0. The molecule has 2 heterocycles. The standard InChI is InChI=1S/C11H18N4O/c1-3-15(2)7-9-10-8(5-4-6-12-10)11(16)14-13-9/h12H,3-7H2,1-2H3,(H,14,16). The van der Waals surface area contributed by atoms with Crippen molar-refractivity contribution < 1.29 is 0 Å². The third-order valence-corrected chi connectivity index (χ3v) is 3.02.